The van der Waals surface area contributed by atoms with E-state index in [9.17, 15) is 4.79 Å². The van der Waals surface area contributed by atoms with Gasteiger partial charge in [0.05, 0.1) is 0 Å². The van der Waals surface area contributed by atoms with Crippen molar-refractivity contribution in [2.75, 3.05) is 13.1 Å². The van der Waals surface area contributed by atoms with Crippen LogP contribution >= 0.6 is 0 Å². The zero-order valence-electron chi connectivity index (χ0n) is 11.1. The zero-order valence-corrected chi connectivity index (χ0v) is 11.1. The van der Waals surface area contributed by atoms with Crippen LogP contribution in [0.15, 0.2) is 0 Å². The normalized spacial score (nSPS) is 32.4. The molecule has 1 spiro atoms. The number of hydrogen-bond donors (Lipinski definition) is 2. The van der Waals surface area contributed by atoms with E-state index >= 15 is 0 Å². The molecule has 2 aliphatic rings. The summed E-state index contributed by atoms with van der Waals surface area (Å²) in [4.78, 5) is 12.5. The molecule has 1 aliphatic heterocycles. The van der Waals surface area contributed by atoms with Crippen molar-refractivity contribution in [1.82, 2.24) is 4.90 Å². The first-order valence-corrected chi connectivity index (χ1v) is 6.50. The van der Waals surface area contributed by atoms with Gasteiger partial charge in [-0.05, 0) is 36.0 Å². The summed E-state index contributed by atoms with van der Waals surface area (Å²) < 4.78 is 0. The van der Waals surface area contributed by atoms with Gasteiger partial charge in [0.25, 0.3) is 0 Å². The summed E-state index contributed by atoms with van der Waals surface area (Å²) >= 11 is 0. The summed E-state index contributed by atoms with van der Waals surface area (Å²) in [5.74, 6) is 0.533. The lowest BCUT2D eigenvalue weighted by molar-refractivity contribution is -0.101. The van der Waals surface area contributed by atoms with Crippen LogP contribution in [0.5, 0.6) is 0 Å². The number of carboxylic acid groups (broad SMARTS) is 1. The molecule has 0 radical (unpaired) electrons. The highest BCUT2D eigenvalue weighted by atomic mass is 16.4. The minimum absolute atomic E-state index is 0.225. The van der Waals surface area contributed by atoms with Gasteiger partial charge < -0.3 is 15.7 Å². The topological polar surface area (TPSA) is 66.6 Å². The molecule has 2 rings (SSSR count). The second-order valence-electron chi connectivity index (χ2n) is 6.84. The van der Waals surface area contributed by atoms with Crippen LogP contribution in [0, 0.1) is 16.7 Å². The molecule has 98 valence electrons. The maximum atomic E-state index is 10.9. The van der Waals surface area contributed by atoms with Gasteiger partial charge in [-0.3, -0.25) is 0 Å². The van der Waals surface area contributed by atoms with Crippen LogP contribution in [0.1, 0.15) is 40.0 Å². The molecular formula is C13H24N2O2. The lowest BCUT2D eigenvalue weighted by Crippen LogP contribution is -2.63. The maximum Gasteiger partial charge on any atom is 0.407 e. The molecule has 1 saturated carbocycles. The molecule has 1 heterocycles. The monoisotopic (exact) mass is 240 g/mol. The number of carbonyl (C=O) groups is 1. The molecule has 0 aromatic rings. The number of hydrogen-bond acceptors (Lipinski definition) is 2. The first kappa shape index (κ1) is 12.7. The number of nitrogens with two attached hydrogens (primary N) is 1. The summed E-state index contributed by atoms with van der Waals surface area (Å²) in [6.45, 7) is 8.11. The molecular weight excluding hydrogens is 216 g/mol. The molecule has 4 heteroatoms. The molecule has 2 fully saturated rings. The van der Waals surface area contributed by atoms with Gasteiger partial charge in [-0.1, -0.05) is 20.8 Å². The quantitative estimate of drug-likeness (QED) is 0.681. The molecule has 2 atom stereocenters. The van der Waals surface area contributed by atoms with E-state index in [2.05, 4.69) is 20.8 Å². The van der Waals surface area contributed by atoms with E-state index in [0.29, 0.717) is 30.5 Å². The summed E-state index contributed by atoms with van der Waals surface area (Å²) in [5.41, 5.74) is 6.71. The van der Waals surface area contributed by atoms with Crippen LogP contribution in [0.25, 0.3) is 0 Å². The number of nitrogens with zero attached hydrogens (tertiary/aromatic N) is 1. The van der Waals surface area contributed by atoms with E-state index in [4.69, 9.17) is 10.8 Å². The van der Waals surface area contributed by atoms with Crippen molar-refractivity contribution < 1.29 is 9.90 Å². The van der Waals surface area contributed by atoms with Gasteiger partial charge in [-0.15, -0.1) is 0 Å². The van der Waals surface area contributed by atoms with Crippen molar-refractivity contribution in [3.05, 3.63) is 0 Å². The Morgan fingerprint density at radius 1 is 1.35 bits per heavy atom. The average Bonchev–Trinajstić information content (AvgIpc) is 2.14. The van der Waals surface area contributed by atoms with Crippen LogP contribution in [-0.2, 0) is 0 Å². The first-order chi connectivity index (χ1) is 7.76. The summed E-state index contributed by atoms with van der Waals surface area (Å²) in [7, 11) is 0. The Kier molecular flexibility index (Phi) is 2.89. The fraction of sp³-hybridized carbons (Fsp3) is 0.923. The number of rotatable bonds is 0. The number of amides is 1. The highest BCUT2D eigenvalue weighted by Gasteiger charge is 2.57. The van der Waals surface area contributed by atoms with Crippen LogP contribution in [0.4, 0.5) is 4.79 Å². The highest BCUT2D eigenvalue weighted by molar-refractivity contribution is 5.65. The average molecular weight is 240 g/mol. The van der Waals surface area contributed by atoms with E-state index in [1.54, 1.807) is 0 Å². The van der Waals surface area contributed by atoms with E-state index in [-0.39, 0.29) is 5.41 Å². The summed E-state index contributed by atoms with van der Waals surface area (Å²) in [5, 5.41) is 8.98. The zero-order chi connectivity index (χ0) is 12.8. The van der Waals surface area contributed by atoms with Gasteiger partial charge in [0.15, 0.2) is 0 Å². The van der Waals surface area contributed by atoms with Crippen molar-refractivity contribution >= 4 is 6.09 Å². The maximum absolute atomic E-state index is 10.9. The fourth-order valence-electron chi connectivity index (χ4n) is 4.23. The molecule has 1 aliphatic carbocycles. The van der Waals surface area contributed by atoms with Gasteiger partial charge in [-0.2, -0.15) is 0 Å². The van der Waals surface area contributed by atoms with E-state index < -0.39 is 6.09 Å². The Balaban J connectivity index is 2.06. The van der Waals surface area contributed by atoms with Crippen LogP contribution in [0.2, 0.25) is 0 Å². The van der Waals surface area contributed by atoms with Gasteiger partial charge in [0.1, 0.15) is 0 Å². The van der Waals surface area contributed by atoms with E-state index in [0.717, 1.165) is 19.3 Å². The van der Waals surface area contributed by atoms with Crippen molar-refractivity contribution in [2.24, 2.45) is 22.5 Å². The molecule has 1 saturated heterocycles. The van der Waals surface area contributed by atoms with Crippen LogP contribution < -0.4 is 5.73 Å². The summed E-state index contributed by atoms with van der Waals surface area (Å²) in [6, 6.07) is 0.298. The van der Waals surface area contributed by atoms with Crippen molar-refractivity contribution in [2.45, 2.75) is 46.1 Å². The standard InChI is InChI=1S/C13H24N2O2/c1-12(2,3)10-9(14)8-13(10)4-6-15(7-5-13)11(16)17/h9-10H,4-8,14H2,1-3H3,(H,16,17). The molecule has 17 heavy (non-hydrogen) atoms. The Morgan fingerprint density at radius 3 is 2.24 bits per heavy atom. The van der Waals surface area contributed by atoms with Crippen LogP contribution in [-0.4, -0.2) is 35.2 Å². The second kappa shape index (κ2) is 3.87. The Bertz CT molecular complexity index is 314. The molecule has 2 unspecified atom stereocenters. The van der Waals surface area contributed by atoms with Crippen molar-refractivity contribution in [3.8, 4) is 0 Å². The molecule has 4 nitrogen and oxygen atoms in total. The van der Waals surface area contributed by atoms with Crippen molar-refractivity contribution in [3.63, 3.8) is 0 Å². The fourth-order valence-corrected chi connectivity index (χ4v) is 4.23. The predicted molar refractivity (Wildman–Crippen MR) is 66.8 cm³/mol. The highest BCUT2D eigenvalue weighted by Crippen LogP contribution is 2.59. The molecule has 3 N–H and O–H groups in total. The van der Waals surface area contributed by atoms with Gasteiger partial charge in [0.2, 0.25) is 0 Å². The summed E-state index contributed by atoms with van der Waals surface area (Å²) in [6.07, 6.45) is 2.25. The third-order valence-electron chi connectivity index (χ3n) is 4.69. The largest absolute Gasteiger partial charge is 0.465 e. The smallest absolute Gasteiger partial charge is 0.407 e. The molecule has 0 aromatic carbocycles. The Morgan fingerprint density at radius 2 is 1.88 bits per heavy atom. The Hall–Kier alpha value is -0.770. The van der Waals surface area contributed by atoms with E-state index in [1.807, 2.05) is 0 Å². The number of likely N-dealkylation sites (tertiary alicyclic amines) is 1. The number of piperidine rings is 1. The second-order valence-corrected chi connectivity index (χ2v) is 6.84. The lowest BCUT2D eigenvalue weighted by atomic mass is 9.46. The predicted octanol–water partition coefficient (Wildman–Crippen LogP) is 2.14. The molecule has 0 bridgehead atoms. The molecule has 0 aromatic heterocycles. The molecule has 1 amide bonds. The third kappa shape index (κ3) is 2.03. The van der Waals surface area contributed by atoms with Crippen molar-refractivity contribution in [1.29, 1.82) is 0 Å². The first-order valence-electron chi connectivity index (χ1n) is 6.50. The third-order valence-corrected chi connectivity index (χ3v) is 4.69. The van der Waals surface area contributed by atoms with Gasteiger partial charge in [0, 0.05) is 19.1 Å². The minimum atomic E-state index is -0.782. The Labute approximate surface area is 103 Å². The SMILES string of the molecule is CC(C)(C)C1C(N)CC12CCN(C(=O)O)CC2. The van der Waals surface area contributed by atoms with Gasteiger partial charge in [-0.25, -0.2) is 4.79 Å². The van der Waals surface area contributed by atoms with Gasteiger partial charge >= 0.3 is 6.09 Å². The van der Waals surface area contributed by atoms with E-state index in [1.165, 1.54) is 4.90 Å². The van der Waals surface area contributed by atoms with Crippen LogP contribution in [0.3, 0.4) is 0 Å². The minimum Gasteiger partial charge on any atom is -0.465 e. The lowest BCUT2D eigenvalue weighted by Gasteiger charge is -2.62.